The number of piperidine rings is 1. The van der Waals surface area contributed by atoms with Crippen molar-refractivity contribution in [2.75, 3.05) is 24.5 Å². The van der Waals surface area contributed by atoms with Gasteiger partial charge in [-0.15, -0.1) is 0 Å². The number of anilines is 1. The molecule has 2 aromatic rings. The van der Waals surface area contributed by atoms with E-state index in [1.165, 1.54) is 23.3 Å². The molecule has 2 aliphatic heterocycles. The lowest BCUT2D eigenvalue weighted by Crippen LogP contribution is -2.34. The minimum Gasteiger partial charge on any atom is -0.384 e. The van der Waals surface area contributed by atoms with Gasteiger partial charge in [-0.2, -0.15) is 18.3 Å². The zero-order chi connectivity index (χ0) is 25.7. The number of aliphatic imine (C=N–C) groups is 1. The fraction of sp³-hybridized carbons (Fsp3) is 0.462. The Kier molecular flexibility index (Phi) is 5.80. The van der Waals surface area contributed by atoms with Crippen LogP contribution in [0, 0.1) is 11.8 Å². The van der Waals surface area contributed by atoms with Crippen molar-refractivity contribution in [2.24, 2.45) is 22.6 Å². The molecule has 2 aromatic heterocycles. The molecule has 2 fully saturated rings. The number of hydrogen-bond donors (Lipinski definition) is 2. The predicted molar refractivity (Wildman–Crippen MR) is 132 cm³/mol. The van der Waals surface area contributed by atoms with Gasteiger partial charge in [-0.05, 0) is 54.7 Å². The van der Waals surface area contributed by atoms with Gasteiger partial charge < -0.3 is 16.0 Å². The van der Waals surface area contributed by atoms with Crippen molar-refractivity contribution in [3.63, 3.8) is 0 Å². The van der Waals surface area contributed by atoms with Crippen LogP contribution in [-0.2, 0) is 12.7 Å². The summed E-state index contributed by atoms with van der Waals surface area (Å²) in [7, 11) is 0. The normalized spacial score (nSPS) is 24.9. The fourth-order valence-electron chi connectivity index (χ4n) is 5.68. The van der Waals surface area contributed by atoms with Gasteiger partial charge in [-0.1, -0.05) is 12.2 Å². The highest BCUT2D eigenvalue weighted by atomic mass is 19.4. The maximum atomic E-state index is 14.0. The second-order valence-corrected chi connectivity index (χ2v) is 10.2. The smallest absolute Gasteiger partial charge is 0.384 e. The third-order valence-electron chi connectivity index (χ3n) is 7.81. The van der Waals surface area contributed by atoms with Gasteiger partial charge in [0.2, 0.25) is 0 Å². The monoisotopic (exact) mass is 511 g/mol. The van der Waals surface area contributed by atoms with Crippen LogP contribution in [0.2, 0.25) is 0 Å². The van der Waals surface area contributed by atoms with Gasteiger partial charge in [-0.25, -0.2) is 4.98 Å². The Balaban J connectivity index is 1.17. The number of carbonyl (C=O) groups is 1. The molecular formula is C26H28F3N7O. The van der Waals surface area contributed by atoms with Gasteiger partial charge in [0.05, 0.1) is 36.5 Å². The summed E-state index contributed by atoms with van der Waals surface area (Å²) in [4.78, 5) is 23.5. The van der Waals surface area contributed by atoms with Gasteiger partial charge >= 0.3 is 6.18 Å². The number of nitrogens with two attached hydrogens (primary N) is 1. The summed E-state index contributed by atoms with van der Waals surface area (Å²) in [5.74, 6) is 1.83. The van der Waals surface area contributed by atoms with Crippen LogP contribution in [0.1, 0.15) is 47.2 Å². The van der Waals surface area contributed by atoms with Crippen molar-refractivity contribution >= 4 is 17.6 Å². The predicted octanol–water partition coefficient (Wildman–Crippen LogP) is 3.31. The topological polar surface area (TPSA) is 101 Å². The lowest BCUT2D eigenvalue weighted by molar-refractivity contribution is -0.138. The molecular weight excluding hydrogens is 483 g/mol. The molecule has 0 spiro atoms. The third kappa shape index (κ3) is 4.74. The first-order valence-corrected chi connectivity index (χ1v) is 12.6. The lowest BCUT2D eigenvalue weighted by Gasteiger charge is -2.28. The van der Waals surface area contributed by atoms with Crippen LogP contribution in [0.4, 0.5) is 19.0 Å². The van der Waals surface area contributed by atoms with E-state index in [9.17, 15) is 18.0 Å². The van der Waals surface area contributed by atoms with E-state index in [0.717, 1.165) is 55.5 Å². The molecule has 0 aromatic carbocycles. The summed E-state index contributed by atoms with van der Waals surface area (Å²) >= 11 is 0. The van der Waals surface area contributed by atoms with Crippen LogP contribution >= 0.6 is 0 Å². The molecule has 1 saturated carbocycles. The first-order valence-electron chi connectivity index (χ1n) is 12.6. The van der Waals surface area contributed by atoms with Crippen LogP contribution in [0.15, 0.2) is 52.9 Å². The minimum absolute atomic E-state index is 0.0107. The van der Waals surface area contributed by atoms with E-state index in [2.05, 4.69) is 20.4 Å². The molecule has 2 unspecified atom stereocenters. The Hall–Kier alpha value is -3.63. The number of pyridine rings is 1. The van der Waals surface area contributed by atoms with Crippen LogP contribution in [0.5, 0.6) is 0 Å². The Morgan fingerprint density at radius 2 is 2.08 bits per heavy atom. The average molecular weight is 512 g/mol. The Labute approximate surface area is 212 Å². The number of rotatable bonds is 5. The highest BCUT2D eigenvalue weighted by Crippen LogP contribution is 2.46. The van der Waals surface area contributed by atoms with E-state index < -0.39 is 11.7 Å². The first kappa shape index (κ1) is 23.7. The van der Waals surface area contributed by atoms with Gasteiger partial charge in [0.15, 0.2) is 0 Å². The number of amidine groups is 1. The number of aromatic nitrogens is 3. The molecule has 4 heterocycles. The zero-order valence-electron chi connectivity index (χ0n) is 20.2. The Bertz CT molecular complexity index is 1330. The van der Waals surface area contributed by atoms with Crippen molar-refractivity contribution in [1.29, 1.82) is 0 Å². The summed E-state index contributed by atoms with van der Waals surface area (Å²) in [5, 5.41) is 7.15. The molecule has 0 bridgehead atoms. The summed E-state index contributed by atoms with van der Waals surface area (Å²) < 4.78 is 43.2. The molecule has 194 valence electrons. The quantitative estimate of drug-likeness (QED) is 0.642. The van der Waals surface area contributed by atoms with Gasteiger partial charge in [-0.3, -0.25) is 14.5 Å². The van der Waals surface area contributed by atoms with E-state index in [0.29, 0.717) is 30.5 Å². The number of carbonyl (C=O) groups excluding carboxylic acids is 1. The second kappa shape index (κ2) is 9.04. The van der Waals surface area contributed by atoms with Crippen LogP contribution in [-0.4, -0.2) is 52.2 Å². The highest BCUT2D eigenvalue weighted by Gasteiger charge is 2.42. The molecule has 11 heteroatoms. The highest BCUT2D eigenvalue weighted by molar-refractivity contribution is 6.00. The van der Waals surface area contributed by atoms with Gasteiger partial charge in [0.1, 0.15) is 11.7 Å². The molecule has 3 atom stereocenters. The first-order chi connectivity index (χ1) is 17.8. The van der Waals surface area contributed by atoms with E-state index in [1.54, 1.807) is 0 Å². The second-order valence-electron chi connectivity index (χ2n) is 10.2. The number of hydrogen-bond acceptors (Lipinski definition) is 6. The van der Waals surface area contributed by atoms with Crippen LogP contribution in [0.3, 0.4) is 0 Å². The molecule has 3 N–H and O–H groups in total. The fourth-order valence-corrected chi connectivity index (χ4v) is 5.68. The Morgan fingerprint density at radius 3 is 2.89 bits per heavy atom. The maximum Gasteiger partial charge on any atom is 0.416 e. The van der Waals surface area contributed by atoms with E-state index in [-0.39, 0.29) is 29.6 Å². The number of nitrogens with zero attached hydrogens (tertiary/aromatic N) is 5. The largest absolute Gasteiger partial charge is 0.416 e. The Morgan fingerprint density at radius 1 is 1.22 bits per heavy atom. The zero-order valence-corrected chi connectivity index (χ0v) is 20.2. The molecule has 0 radical (unpaired) electrons. The van der Waals surface area contributed by atoms with Crippen molar-refractivity contribution in [1.82, 2.24) is 20.1 Å². The average Bonchev–Trinajstić information content (AvgIpc) is 3.39. The molecule has 1 amide bonds. The standard InChI is InChI=1S/C26H28F3N7O/c27-26(28,29)21-9-23(35-7-5-15-8-16(15)12-35)32-10-17(21)13-36-14-18(11-33-36)25(37)34-22-4-3-20-19(22)2-1-6-31-24(20)30/h1-2,9-11,14-16,22H,3-8,12-13H2,(H2,30,31)(H,34,37)/t15?,16?,22-/m1/s1. The SMILES string of the molecule is NC1=NCC=CC2=C1CC[C@H]2NC(=O)c1cnn(Cc2cnc(N3CCC4CC4C3)cc2C(F)(F)F)c1. The summed E-state index contributed by atoms with van der Waals surface area (Å²) in [6.07, 6.45) is 7.04. The maximum absolute atomic E-state index is 14.0. The number of fused-ring (bicyclic) bond motifs is 1. The van der Waals surface area contributed by atoms with Crippen molar-refractivity contribution in [3.8, 4) is 0 Å². The number of amides is 1. The number of nitrogens with one attached hydrogen (secondary N) is 1. The van der Waals surface area contributed by atoms with Gasteiger partial charge in [0.25, 0.3) is 5.91 Å². The van der Waals surface area contributed by atoms with Crippen molar-refractivity contribution in [2.45, 2.75) is 44.4 Å². The molecule has 8 nitrogen and oxygen atoms in total. The third-order valence-corrected chi connectivity index (χ3v) is 7.81. The summed E-state index contributed by atoms with van der Waals surface area (Å²) in [5.41, 5.74) is 7.51. The lowest BCUT2D eigenvalue weighted by atomic mass is 10.1. The van der Waals surface area contributed by atoms with E-state index in [1.807, 2.05) is 17.1 Å². The van der Waals surface area contributed by atoms with Crippen LogP contribution in [0.25, 0.3) is 0 Å². The molecule has 1 saturated heterocycles. The van der Waals surface area contributed by atoms with Crippen LogP contribution < -0.4 is 16.0 Å². The summed E-state index contributed by atoms with van der Waals surface area (Å²) in [6, 6.07) is 0.943. The van der Waals surface area contributed by atoms with Crippen molar-refractivity contribution < 1.29 is 18.0 Å². The van der Waals surface area contributed by atoms with E-state index in [4.69, 9.17) is 5.73 Å². The number of alkyl halides is 3. The minimum atomic E-state index is -4.52. The molecule has 37 heavy (non-hydrogen) atoms. The molecule has 4 aliphatic rings. The molecule has 2 aliphatic carbocycles. The van der Waals surface area contributed by atoms with E-state index >= 15 is 0 Å². The summed E-state index contributed by atoms with van der Waals surface area (Å²) in [6.45, 7) is 1.85. The van der Waals surface area contributed by atoms with Gasteiger partial charge in [0, 0.05) is 31.0 Å². The number of halogens is 3. The molecule has 6 rings (SSSR count). The van der Waals surface area contributed by atoms with Crippen molar-refractivity contribution in [3.05, 3.63) is 64.6 Å².